The van der Waals surface area contributed by atoms with Crippen LogP contribution >= 0.6 is 0 Å². The van der Waals surface area contributed by atoms with Crippen molar-refractivity contribution in [3.8, 4) is 0 Å². The zero-order chi connectivity index (χ0) is 22.6. The fourth-order valence-corrected chi connectivity index (χ4v) is 4.42. The Bertz CT molecular complexity index is 1090. The second-order valence-electron chi connectivity index (χ2n) is 8.36. The summed E-state index contributed by atoms with van der Waals surface area (Å²) in [5, 5.41) is 2.75. The number of halogens is 1. The van der Waals surface area contributed by atoms with E-state index in [1.165, 1.54) is 12.1 Å². The van der Waals surface area contributed by atoms with Crippen LogP contribution in [0.1, 0.15) is 47.2 Å². The predicted octanol–water partition coefficient (Wildman–Crippen LogP) is 4.47. The fourth-order valence-electron chi connectivity index (χ4n) is 4.42. The number of benzene rings is 2. The van der Waals surface area contributed by atoms with Crippen molar-refractivity contribution in [1.29, 1.82) is 0 Å². The van der Waals surface area contributed by atoms with Gasteiger partial charge in [-0.25, -0.2) is 4.39 Å². The number of Topliss-reactive ketones (excluding diaryl/α,β-unsaturated/α-hetero) is 1. The van der Waals surface area contributed by atoms with Crippen LogP contribution in [0, 0.1) is 5.82 Å². The van der Waals surface area contributed by atoms with Gasteiger partial charge in [0.2, 0.25) is 0 Å². The summed E-state index contributed by atoms with van der Waals surface area (Å²) in [5.41, 5.74) is 1.34. The molecule has 32 heavy (non-hydrogen) atoms. The number of carbonyl (C=O) groups is 2. The molecule has 1 amide bonds. The molecule has 4 rings (SSSR count). The van der Waals surface area contributed by atoms with E-state index in [4.69, 9.17) is 4.42 Å². The van der Waals surface area contributed by atoms with Crippen LogP contribution in [0.2, 0.25) is 0 Å². The Labute approximate surface area is 187 Å². The van der Waals surface area contributed by atoms with Gasteiger partial charge in [0.15, 0.2) is 5.76 Å². The molecule has 2 heterocycles. The highest BCUT2D eigenvalue weighted by molar-refractivity contribution is 5.91. The molecule has 0 unspecified atom stereocenters. The number of hydrogen-bond donors (Lipinski definition) is 1. The van der Waals surface area contributed by atoms with Crippen molar-refractivity contribution in [1.82, 2.24) is 10.2 Å². The molecule has 1 saturated heterocycles. The summed E-state index contributed by atoms with van der Waals surface area (Å²) < 4.78 is 19.0. The number of piperidine rings is 1. The Kier molecular flexibility index (Phi) is 6.51. The third-order valence-electron chi connectivity index (χ3n) is 6.32. The van der Waals surface area contributed by atoms with Crippen molar-refractivity contribution >= 4 is 11.7 Å². The van der Waals surface area contributed by atoms with Crippen molar-refractivity contribution in [2.75, 3.05) is 13.1 Å². The molecule has 0 radical (unpaired) electrons. The van der Waals surface area contributed by atoms with Crippen LogP contribution in [0.15, 0.2) is 71.1 Å². The highest BCUT2D eigenvalue weighted by Crippen LogP contribution is 2.36. The smallest absolute Gasteiger partial charge is 0.287 e. The first kappa shape index (κ1) is 22.0. The first-order valence-electron chi connectivity index (χ1n) is 10.9. The van der Waals surface area contributed by atoms with Crippen molar-refractivity contribution in [3.05, 3.63) is 95.2 Å². The Morgan fingerprint density at radius 3 is 2.47 bits per heavy atom. The minimum atomic E-state index is -0.428. The van der Waals surface area contributed by atoms with Gasteiger partial charge in [-0.2, -0.15) is 0 Å². The number of nitrogens with one attached hydrogen (secondary N) is 1. The van der Waals surface area contributed by atoms with Crippen LogP contribution in [-0.2, 0) is 23.3 Å². The number of rotatable bonds is 7. The molecular weight excluding hydrogens is 407 g/mol. The highest BCUT2D eigenvalue weighted by Gasteiger charge is 2.40. The summed E-state index contributed by atoms with van der Waals surface area (Å²) in [5.74, 6) is 0.476. The molecule has 0 saturated carbocycles. The van der Waals surface area contributed by atoms with Gasteiger partial charge < -0.3 is 9.73 Å². The molecule has 1 aliphatic heterocycles. The lowest BCUT2D eigenvalue weighted by molar-refractivity contribution is -0.124. The average Bonchev–Trinajstić information content (AvgIpc) is 3.27. The standard InChI is InChI=1S/C26H27FN2O3/c1-19(30)26(21-7-3-2-4-8-21)12-14-29(15-13-26)18-23-10-11-24(32-23)25(31)28-17-20-6-5-9-22(27)16-20/h2-11,16H,12-15,17-18H2,1H3,(H,28,31). The van der Waals surface area contributed by atoms with E-state index in [9.17, 15) is 14.0 Å². The van der Waals surface area contributed by atoms with Gasteiger partial charge in [0.05, 0.1) is 12.0 Å². The topological polar surface area (TPSA) is 62.6 Å². The Morgan fingerprint density at radius 1 is 1.03 bits per heavy atom. The van der Waals surface area contributed by atoms with Crippen molar-refractivity contribution in [2.24, 2.45) is 0 Å². The van der Waals surface area contributed by atoms with E-state index < -0.39 is 5.41 Å². The number of hydrogen-bond acceptors (Lipinski definition) is 4. The molecule has 2 aromatic carbocycles. The lowest BCUT2D eigenvalue weighted by atomic mass is 9.70. The van der Waals surface area contributed by atoms with Crippen molar-refractivity contribution in [2.45, 2.75) is 38.3 Å². The van der Waals surface area contributed by atoms with E-state index in [-0.39, 0.29) is 29.8 Å². The normalized spacial score (nSPS) is 15.9. The Hall–Kier alpha value is -3.25. The summed E-state index contributed by atoms with van der Waals surface area (Å²) >= 11 is 0. The summed E-state index contributed by atoms with van der Waals surface area (Å²) in [6, 6.07) is 19.6. The van der Waals surface area contributed by atoms with Crippen molar-refractivity contribution in [3.63, 3.8) is 0 Å². The predicted molar refractivity (Wildman–Crippen MR) is 120 cm³/mol. The molecule has 3 aromatic rings. The quantitative estimate of drug-likeness (QED) is 0.596. The van der Waals surface area contributed by atoms with Crippen molar-refractivity contribution < 1.29 is 18.4 Å². The Balaban J connectivity index is 1.33. The van der Waals surface area contributed by atoms with Crippen LogP contribution in [0.4, 0.5) is 4.39 Å². The third-order valence-corrected chi connectivity index (χ3v) is 6.32. The summed E-state index contributed by atoms with van der Waals surface area (Å²) in [4.78, 5) is 27.2. The molecular formula is C26H27FN2O3. The van der Waals surface area contributed by atoms with Gasteiger partial charge in [0.1, 0.15) is 17.4 Å². The van der Waals surface area contributed by atoms with Gasteiger partial charge in [-0.1, -0.05) is 42.5 Å². The number of amides is 1. The van der Waals surface area contributed by atoms with Gasteiger partial charge in [-0.3, -0.25) is 14.5 Å². The molecule has 1 fully saturated rings. The molecule has 0 spiro atoms. The van der Waals surface area contributed by atoms with E-state index in [0.29, 0.717) is 17.9 Å². The van der Waals surface area contributed by atoms with E-state index >= 15 is 0 Å². The molecule has 0 aliphatic carbocycles. The van der Waals surface area contributed by atoms with Crippen LogP contribution in [-0.4, -0.2) is 29.7 Å². The fraction of sp³-hybridized carbons (Fsp3) is 0.308. The minimum Gasteiger partial charge on any atom is -0.455 e. The molecule has 166 valence electrons. The largest absolute Gasteiger partial charge is 0.455 e. The second kappa shape index (κ2) is 9.49. The maximum atomic E-state index is 13.3. The SMILES string of the molecule is CC(=O)C1(c2ccccc2)CCN(Cc2ccc(C(=O)NCc3cccc(F)c3)o2)CC1. The zero-order valence-corrected chi connectivity index (χ0v) is 18.1. The number of carbonyl (C=O) groups excluding carboxylic acids is 2. The number of furan rings is 1. The lowest BCUT2D eigenvalue weighted by Gasteiger charge is -2.40. The highest BCUT2D eigenvalue weighted by atomic mass is 19.1. The monoisotopic (exact) mass is 434 g/mol. The lowest BCUT2D eigenvalue weighted by Crippen LogP contribution is -2.46. The van der Waals surface area contributed by atoms with Gasteiger partial charge in [0.25, 0.3) is 5.91 Å². The van der Waals surface area contributed by atoms with Gasteiger partial charge in [0, 0.05) is 6.54 Å². The second-order valence-corrected chi connectivity index (χ2v) is 8.36. The van der Waals surface area contributed by atoms with Crippen LogP contribution in [0.3, 0.4) is 0 Å². The van der Waals surface area contributed by atoms with E-state index in [1.54, 1.807) is 31.2 Å². The molecule has 1 N–H and O–H groups in total. The maximum absolute atomic E-state index is 13.3. The number of likely N-dealkylation sites (tertiary alicyclic amines) is 1. The van der Waals surface area contributed by atoms with Gasteiger partial charge in [-0.15, -0.1) is 0 Å². The summed E-state index contributed by atoms with van der Waals surface area (Å²) in [6.45, 7) is 4.04. The molecule has 1 aromatic heterocycles. The van der Waals surface area contributed by atoms with E-state index in [2.05, 4.69) is 10.2 Å². The third kappa shape index (κ3) is 4.81. The molecule has 0 atom stereocenters. The average molecular weight is 435 g/mol. The molecule has 5 nitrogen and oxygen atoms in total. The maximum Gasteiger partial charge on any atom is 0.287 e. The van der Waals surface area contributed by atoms with Gasteiger partial charge in [-0.05, 0) is 68.2 Å². The molecule has 6 heteroatoms. The molecule has 0 bridgehead atoms. The number of nitrogens with zero attached hydrogens (tertiary/aromatic N) is 1. The summed E-state index contributed by atoms with van der Waals surface area (Å²) in [7, 11) is 0. The first-order chi connectivity index (χ1) is 15.5. The first-order valence-corrected chi connectivity index (χ1v) is 10.9. The summed E-state index contributed by atoms with van der Waals surface area (Å²) in [6.07, 6.45) is 1.52. The van der Waals surface area contributed by atoms with E-state index in [0.717, 1.165) is 31.5 Å². The minimum absolute atomic E-state index is 0.207. The van der Waals surface area contributed by atoms with E-state index in [1.807, 2.05) is 30.3 Å². The van der Waals surface area contributed by atoms with Gasteiger partial charge >= 0.3 is 0 Å². The Morgan fingerprint density at radius 2 is 1.78 bits per heavy atom. The zero-order valence-electron chi connectivity index (χ0n) is 18.1. The van der Waals surface area contributed by atoms with Crippen LogP contribution in [0.25, 0.3) is 0 Å². The van der Waals surface area contributed by atoms with Crippen LogP contribution in [0.5, 0.6) is 0 Å². The van der Waals surface area contributed by atoms with Crippen LogP contribution < -0.4 is 5.32 Å². The number of ketones is 1. The molecule has 1 aliphatic rings.